The molecule has 0 spiro atoms. The molecule has 2 N–H and O–H groups in total. The lowest BCUT2D eigenvalue weighted by Gasteiger charge is -2.29. The fourth-order valence-electron chi connectivity index (χ4n) is 3.72. The van der Waals surface area contributed by atoms with E-state index in [1.807, 2.05) is 12.2 Å². The number of aromatic amines is 1. The van der Waals surface area contributed by atoms with Gasteiger partial charge in [-0.05, 0) is 31.9 Å². The van der Waals surface area contributed by atoms with Crippen LogP contribution in [0.3, 0.4) is 0 Å². The summed E-state index contributed by atoms with van der Waals surface area (Å²) in [7, 11) is 0. The molecule has 1 aliphatic rings. The Morgan fingerprint density at radius 3 is 2.93 bits per heavy atom. The normalized spacial score (nSPS) is 19.4. The maximum absolute atomic E-state index is 12.5. The third-order valence-corrected chi connectivity index (χ3v) is 5.28. The lowest BCUT2D eigenvalue weighted by molar-refractivity contribution is -0.139. The summed E-state index contributed by atoms with van der Waals surface area (Å²) in [6, 6.07) is 2.60. The Balaban J connectivity index is 1.64. The van der Waals surface area contributed by atoms with Crippen molar-refractivity contribution in [2.24, 2.45) is 0 Å². The van der Waals surface area contributed by atoms with Gasteiger partial charge in [0.25, 0.3) is 0 Å². The van der Waals surface area contributed by atoms with Gasteiger partial charge in [0.2, 0.25) is 5.91 Å². The topological polar surface area (TPSA) is 86.8 Å². The number of aromatic nitrogens is 4. The van der Waals surface area contributed by atoms with Crippen molar-refractivity contribution >= 4 is 34.4 Å². The van der Waals surface area contributed by atoms with E-state index in [2.05, 4.69) is 19.9 Å². The molecular weight excluding hydrogens is 421 g/mol. The number of nitrogens with zero attached hydrogens (tertiary/aromatic N) is 4. The van der Waals surface area contributed by atoms with Gasteiger partial charge in [-0.1, -0.05) is 11.6 Å². The van der Waals surface area contributed by atoms with Gasteiger partial charge >= 0.3 is 6.18 Å². The van der Waals surface area contributed by atoms with Crippen molar-refractivity contribution < 1.29 is 18.0 Å². The lowest BCUT2D eigenvalue weighted by Crippen LogP contribution is -2.48. The van der Waals surface area contributed by atoms with Crippen LogP contribution in [0, 0.1) is 0 Å². The second kappa shape index (κ2) is 7.75. The van der Waals surface area contributed by atoms with Crippen molar-refractivity contribution in [2.75, 3.05) is 11.4 Å². The van der Waals surface area contributed by atoms with Gasteiger partial charge in [-0.25, -0.2) is 15.0 Å². The Hall–Kier alpha value is -2.88. The van der Waals surface area contributed by atoms with E-state index in [1.54, 1.807) is 29.4 Å². The molecular formula is C19H18ClF3N6O. The maximum atomic E-state index is 12.5. The number of carbonyl (C=O) groups excluding carboxylic acids is 1. The molecule has 1 fully saturated rings. The van der Waals surface area contributed by atoms with Gasteiger partial charge in [-0.15, -0.1) is 0 Å². The van der Waals surface area contributed by atoms with Crippen molar-refractivity contribution in [1.82, 2.24) is 25.3 Å². The van der Waals surface area contributed by atoms with E-state index in [0.29, 0.717) is 40.7 Å². The van der Waals surface area contributed by atoms with Gasteiger partial charge in [-0.3, -0.25) is 4.79 Å². The van der Waals surface area contributed by atoms with Crippen LogP contribution in [0.4, 0.5) is 19.0 Å². The molecule has 11 heteroatoms. The first-order valence-electron chi connectivity index (χ1n) is 9.32. The molecule has 0 bridgehead atoms. The predicted molar refractivity (Wildman–Crippen MR) is 106 cm³/mol. The Kier molecular flexibility index (Phi) is 5.27. The third-order valence-electron chi connectivity index (χ3n) is 5.08. The van der Waals surface area contributed by atoms with Crippen molar-refractivity contribution in [3.63, 3.8) is 0 Å². The number of alkyl halides is 3. The highest BCUT2D eigenvalue weighted by Crippen LogP contribution is 2.32. The highest BCUT2D eigenvalue weighted by Gasteiger charge is 2.38. The van der Waals surface area contributed by atoms with Crippen LogP contribution in [0.5, 0.6) is 0 Å². The average molecular weight is 439 g/mol. The van der Waals surface area contributed by atoms with Crippen molar-refractivity contribution in [1.29, 1.82) is 0 Å². The quantitative estimate of drug-likeness (QED) is 0.648. The molecule has 1 aliphatic heterocycles. The number of H-pyrrole nitrogens is 1. The van der Waals surface area contributed by atoms with Crippen LogP contribution in [0.2, 0.25) is 5.02 Å². The average Bonchev–Trinajstić information content (AvgIpc) is 3.29. The molecule has 0 saturated carbocycles. The van der Waals surface area contributed by atoms with Crippen LogP contribution in [0.15, 0.2) is 30.7 Å². The zero-order chi connectivity index (χ0) is 21.5. The summed E-state index contributed by atoms with van der Waals surface area (Å²) in [4.78, 5) is 30.3. The number of hydrogen-bond donors (Lipinski definition) is 2. The molecule has 0 aliphatic carbocycles. The summed E-state index contributed by atoms with van der Waals surface area (Å²) in [6.45, 7) is 0.552. The van der Waals surface area contributed by atoms with E-state index in [4.69, 9.17) is 11.6 Å². The van der Waals surface area contributed by atoms with Gasteiger partial charge in [-0.2, -0.15) is 13.2 Å². The third kappa shape index (κ3) is 4.04. The van der Waals surface area contributed by atoms with E-state index < -0.39 is 24.7 Å². The fourth-order valence-corrected chi connectivity index (χ4v) is 3.88. The SMILES string of the molecule is C[C@H]1CC[C@H](C(=O)NCC(F)(F)F)N1c1ccnc(-c2c[nH]c3ncc(Cl)cc23)n1. The molecule has 1 saturated heterocycles. The lowest BCUT2D eigenvalue weighted by atomic mass is 10.2. The molecule has 158 valence electrons. The molecule has 2 atom stereocenters. The van der Waals surface area contributed by atoms with Gasteiger partial charge in [0, 0.05) is 35.6 Å². The van der Waals surface area contributed by atoms with Crippen LogP contribution in [0.25, 0.3) is 22.4 Å². The van der Waals surface area contributed by atoms with Crippen LogP contribution < -0.4 is 10.2 Å². The van der Waals surface area contributed by atoms with E-state index in [9.17, 15) is 18.0 Å². The number of anilines is 1. The fraction of sp³-hybridized carbons (Fsp3) is 0.368. The minimum Gasteiger partial charge on any atom is -0.345 e. The Labute approximate surface area is 174 Å². The zero-order valence-corrected chi connectivity index (χ0v) is 16.6. The smallest absolute Gasteiger partial charge is 0.345 e. The molecule has 30 heavy (non-hydrogen) atoms. The van der Waals surface area contributed by atoms with Crippen LogP contribution >= 0.6 is 11.6 Å². The highest BCUT2D eigenvalue weighted by molar-refractivity contribution is 6.31. The molecule has 0 aromatic carbocycles. The molecule has 7 nitrogen and oxygen atoms in total. The molecule has 0 unspecified atom stereocenters. The minimum absolute atomic E-state index is 0.0616. The summed E-state index contributed by atoms with van der Waals surface area (Å²) < 4.78 is 37.5. The second-order valence-corrected chi connectivity index (χ2v) is 7.61. The predicted octanol–water partition coefficient (Wildman–Crippen LogP) is 3.71. The van der Waals surface area contributed by atoms with Crippen LogP contribution in [-0.2, 0) is 4.79 Å². The standard InChI is InChI=1S/C19H18ClF3N6O/c1-10-2-3-14(18(30)27-9-19(21,22)23)29(10)15-4-5-24-17(28-15)13-8-26-16-12(13)6-11(20)7-25-16/h4-8,10,14H,2-3,9H2,1H3,(H,25,26)(H,27,30)/t10-,14+/m0/s1. The van der Waals surface area contributed by atoms with E-state index in [-0.39, 0.29) is 6.04 Å². The van der Waals surface area contributed by atoms with E-state index in [1.165, 1.54) is 6.20 Å². The number of carbonyl (C=O) groups is 1. The van der Waals surface area contributed by atoms with Gasteiger partial charge in [0.05, 0.1) is 5.02 Å². The monoisotopic (exact) mass is 438 g/mol. The molecule has 3 aromatic rings. The Morgan fingerprint density at radius 2 is 2.17 bits per heavy atom. The van der Waals surface area contributed by atoms with Crippen LogP contribution in [-0.4, -0.2) is 50.6 Å². The summed E-state index contributed by atoms with van der Waals surface area (Å²) >= 11 is 6.05. The number of fused-ring (bicyclic) bond motifs is 1. The summed E-state index contributed by atoms with van der Waals surface area (Å²) in [6.07, 6.45) is 1.44. The van der Waals surface area contributed by atoms with Gasteiger partial charge in [0.1, 0.15) is 24.1 Å². The number of pyridine rings is 1. The number of rotatable bonds is 4. The van der Waals surface area contributed by atoms with Crippen molar-refractivity contribution in [3.05, 3.63) is 35.7 Å². The number of hydrogen-bond acceptors (Lipinski definition) is 5. The molecule has 3 aromatic heterocycles. The van der Waals surface area contributed by atoms with Crippen LogP contribution in [0.1, 0.15) is 19.8 Å². The minimum atomic E-state index is -4.46. The molecule has 4 heterocycles. The number of halogens is 4. The second-order valence-electron chi connectivity index (χ2n) is 7.17. The first-order chi connectivity index (χ1) is 14.2. The molecule has 4 rings (SSSR count). The Morgan fingerprint density at radius 1 is 1.37 bits per heavy atom. The van der Waals surface area contributed by atoms with Gasteiger partial charge in [0.15, 0.2) is 5.82 Å². The molecule has 1 amide bonds. The number of amides is 1. The maximum Gasteiger partial charge on any atom is 0.405 e. The highest BCUT2D eigenvalue weighted by atomic mass is 35.5. The van der Waals surface area contributed by atoms with E-state index in [0.717, 1.165) is 5.39 Å². The largest absolute Gasteiger partial charge is 0.405 e. The van der Waals surface area contributed by atoms with E-state index >= 15 is 0 Å². The first kappa shape index (κ1) is 20.4. The van der Waals surface area contributed by atoms with Crippen molar-refractivity contribution in [3.8, 4) is 11.4 Å². The first-order valence-corrected chi connectivity index (χ1v) is 9.69. The summed E-state index contributed by atoms with van der Waals surface area (Å²) in [5.41, 5.74) is 1.31. The Bertz CT molecular complexity index is 1090. The zero-order valence-electron chi connectivity index (χ0n) is 15.9. The number of nitrogens with one attached hydrogen (secondary N) is 2. The summed E-state index contributed by atoms with van der Waals surface area (Å²) in [5, 5.41) is 3.19. The van der Waals surface area contributed by atoms with Gasteiger partial charge < -0.3 is 15.2 Å². The van der Waals surface area contributed by atoms with Crippen molar-refractivity contribution in [2.45, 2.75) is 38.0 Å². The summed E-state index contributed by atoms with van der Waals surface area (Å²) in [5.74, 6) is 0.206. The molecule has 0 radical (unpaired) electrons.